The van der Waals surface area contributed by atoms with Crippen LogP contribution in [0.2, 0.25) is 0 Å². The summed E-state index contributed by atoms with van der Waals surface area (Å²) < 4.78 is 34.3. The fraction of sp³-hybridized carbons (Fsp3) is 0.820. The van der Waals surface area contributed by atoms with E-state index in [4.69, 9.17) is 18.5 Å². The zero-order valence-electron chi connectivity index (χ0n) is 39.4. The Morgan fingerprint density at radius 1 is 0.524 bits per heavy atom. The molecule has 0 heterocycles. The summed E-state index contributed by atoms with van der Waals surface area (Å²) in [5.41, 5.74) is 0. The van der Waals surface area contributed by atoms with E-state index in [9.17, 15) is 39.8 Å². The molecule has 1 saturated carbocycles. The highest BCUT2D eigenvalue weighted by Crippen LogP contribution is 2.47. The van der Waals surface area contributed by atoms with Crippen molar-refractivity contribution in [2.75, 3.05) is 19.8 Å². The number of phosphoric acid groups is 1. The standard InChI is InChI=1S/C50H91O12P/c1-3-5-7-9-11-13-15-17-19-21-22-23-25-27-29-31-33-35-37-39-44(51)61-43(42-60-63(57,58)62-50-48(55)46(53)45(52)47(54)49(50)56)41-59-40-38-36-34-32-30-28-26-24-20-18-16-14-12-10-8-6-4-2/h5,7,11,13,17,19,22-23,43,45-50,52-56H,3-4,6,8-10,12,14-16,18,20-21,24-42H2,1-2H3,(H,57,58)/b7-5-,13-11-,19-17-,23-22-. The summed E-state index contributed by atoms with van der Waals surface area (Å²) >= 11 is 0. The molecule has 6 unspecified atom stereocenters. The lowest BCUT2D eigenvalue weighted by molar-refractivity contribution is -0.220. The van der Waals surface area contributed by atoms with Crippen LogP contribution < -0.4 is 0 Å². The summed E-state index contributed by atoms with van der Waals surface area (Å²) in [6.45, 7) is 4.15. The molecule has 1 rings (SSSR count). The Balaban J connectivity index is 2.37. The normalized spacial score (nSPS) is 22.2. The number of carbonyl (C=O) groups excluding carboxylic acids is 1. The molecule has 0 saturated heterocycles. The highest BCUT2D eigenvalue weighted by Gasteiger charge is 2.51. The van der Waals surface area contributed by atoms with Crippen LogP contribution in [0.3, 0.4) is 0 Å². The van der Waals surface area contributed by atoms with Gasteiger partial charge in [-0.25, -0.2) is 4.57 Å². The van der Waals surface area contributed by atoms with Crippen molar-refractivity contribution in [2.24, 2.45) is 0 Å². The van der Waals surface area contributed by atoms with Crippen LogP contribution >= 0.6 is 7.82 Å². The molecule has 13 heteroatoms. The summed E-state index contributed by atoms with van der Waals surface area (Å²) in [5.74, 6) is -0.489. The number of esters is 1. The maximum atomic E-state index is 12.8. The molecule has 0 amide bonds. The summed E-state index contributed by atoms with van der Waals surface area (Å²) in [6, 6.07) is 0. The van der Waals surface area contributed by atoms with Gasteiger partial charge in [-0.3, -0.25) is 13.8 Å². The average molecular weight is 915 g/mol. The molecular weight excluding hydrogens is 824 g/mol. The van der Waals surface area contributed by atoms with E-state index in [2.05, 4.69) is 62.5 Å². The predicted octanol–water partition coefficient (Wildman–Crippen LogP) is 10.8. The number of hydrogen-bond acceptors (Lipinski definition) is 11. The van der Waals surface area contributed by atoms with Gasteiger partial charge < -0.3 is 39.9 Å². The number of carbonyl (C=O) groups is 1. The molecule has 1 aliphatic rings. The van der Waals surface area contributed by atoms with Gasteiger partial charge in [-0.2, -0.15) is 0 Å². The first-order valence-corrected chi connectivity index (χ1v) is 26.5. The van der Waals surface area contributed by atoms with Crippen molar-refractivity contribution in [1.29, 1.82) is 0 Å². The van der Waals surface area contributed by atoms with E-state index >= 15 is 0 Å². The highest BCUT2D eigenvalue weighted by molar-refractivity contribution is 7.47. The lowest BCUT2D eigenvalue weighted by atomic mass is 9.85. The SMILES string of the molecule is CC/C=C\C/C=C\C/C=C\C/C=C\CCCCCCCCC(=O)OC(COCCCCCCCCCCCCCCCCCCC)COP(=O)(O)OC1C(O)C(O)C(O)C(O)C1O. The summed E-state index contributed by atoms with van der Waals surface area (Å²) in [7, 11) is -5.02. The number of rotatable bonds is 42. The van der Waals surface area contributed by atoms with E-state index in [1.54, 1.807) is 0 Å². The van der Waals surface area contributed by atoms with Gasteiger partial charge in [0.1, 0.15) is 42.7 Å². The molecule has 0 aromatic carbocycles. The number of aliphatic hydroxyl groups excluding tert-OH is 5. The summed E-state index contributed by atoms with van der Waals surface area (Å²) in [6.07, 6.45) is 37.4. The molecule has 6 atom stereocenters. The van der Waals surface area contributed by atoms with E-state index in [0.717, 1.165) is 83.5 Å². The van der Waals surface area contributed by atoms with Crippen molar-refractivity contribution in [3.05, 3.63) is 48.6 Å². The zero-order chi connectivity index (χ0) is 46.2. The van der Waals surface area contributed by atoms with E-state index in [0.29, 0.717) is 13.0 Å². The maximum Gasteiger partial charge on any atom is 0.472 e. The first-order chi connectivity index (χ1) is 30.5. The van der Waals surface area contributed by atoms with E-state index in [1.807, 2.05) is 0 Å². The number of phosphoric ester groups is 1. The molecule has 6 N–H and O–H groups in total. The predicted molar refractivity (Wildman–Crippen MR) is 253 cm³/mol. The minimum absolute atomic E-state index is 0.0812. The molecule has 12 nitrogen and oxygen atoms in total. The minimum atomic E-state index is -5.02. The van der Waals surface area contributed by atoms with Gasteiger partial charge >= 0.3 is 13.8 Å². The van der Waals surface area contributed by atoms with Gasteiger partial charge in [0.15, 0.2) is 0 Å². The second kappa shape index (κ2) is 40.6. The van der Waals surface area contributed by atoms with Crippen LogP contribution in [-0.2, 0) is 27.9 Å². The molecule has 1 fully saturated rings. The van der Waals surface area contributed by atoms with Crippen LogP contribution in [0.15, 0.2) is 48.6 Å². The van der Waals surface area contributed by atoms with Crippen molar-refractivity contribution in [1.82, 2.24) is 0 Å². The van der Waals surface area contributed by atoms with Crippen LogP contribution in [-0.4, -0.2) is 98.9 Å². The monoisotopic (exact) mass is 915 g/mol. The second-order valence-corrected chi connectivity index (χ2v) is 18.7. The van der Waals surface area contributed by atoms with Crippen molar-refractivity contribution in [2.45, 2.75) is 243 Å². The quantitative estimate of drug-likeness (QED) is 0.0147. The van der Waals surface area contributed by atoms with Crippen LogP contribution in [0.25, 0.3) is 0 Å². The fourth-order valence-corrected chi connectivity index (χ4v) is 8.50. The summed E-state index contributed by atoms with van der Waals surface area (Å²) in [5, 5.41) is 50.3. The van der Waals surface area contributed by atoms with Crippen LogP contribution in [0.4, 0.5) is 0 Å². The minimum Gasteiger partial charge on any atom is -0.457 e. The number of hydrogen-bond donors (Lipinski definition) is 6. The molecule has 0 radical (unpaired) electrons. The largest absolute Gasteiger partial charge is 0.472 e. The Bertz CT molecular complexity index is 1230. The van der Waals surface area contributed by atoms with Gasteiger partial charge in [-0.1, -0.05) is 191 Å². The van der Waals surface area contributed by atoms with Gasteiger partial charge in [0.25, 0.3) is 0 Å². The van der Waals surface area contributed by atoms with Crippen molar-refractivity contribution >= 4 is 13.8 Å². The Kier molecular flexibility index (Phi) is 38.2. The lowest BCUT2D eigenvalue weighted by Gasteiger charge is -2.41. The van der Waals surface area contributed by atoms with Gasteiger partial charge in [-0.05, 0) is 51.4 Å². The third-order valence-corrected chi connectivity index (χ3v) is 12.5. The van der Waals surface area contributed by atoms with E-state index < -0.39 is 63.1 Å². The third-order valence-electron chi connectivity index (χ3n) is 11.5. The average Bonchev–Trinajstić information content (AvgIpc) is 3.27. The second-order valence-electron chi connectivity index (χ2n) is 17.3. The first-order valence-electron chi connectivity index (χ1n) is 25.0. The number of unbranched alkanes of at least 4 members (excludes halogenated alkanes) is 22. The van der Waals surface area contributed by atoms with Crippen molar-refractivity contribution in [3.63, 3.8) is 0 Å². The molecular formula is C50H91O12P. The van der Waals surface area contributed by atoms with Crippen molar-refractivity contribution < 1.29 is 58.3 Å². The van der Waals surface area contributed by atoms with Crippen LogP contribution in [0.1, 0.15) is 200 Å². The summed E-state index contributed by atoms with van der Waals surface area (Å²) in [4.78, 5) is 23.2. The van der Waals surface area contributed by atoms with Gasteiger partial charge in [0.05, 0.1) is 13.2 Å². The zero-order valence-corrected chi connectivity index (χ0v) is 40.3. The number of aliphatic hydroxyl groups is 5. The molecule has 63 heavy (non-hydrogen) atoms. The molecule has 0 spiro atoms. The topological polar surface area (TPSA) is 192 Å². The van der Waals surface area contributed by atoms with Crippen LogP contribution in [0, 0.1) is 0 Å². The first kappa shape index (κ1) is 59.3. The number of allylic oxidation sites excluding steroid dienone is 8. The molecule has 0 aliphatic heterocycles. The Labute approximate surface area is 382 Å². The number of ether oxygens (including phenoxy) is 2. The smallest absolute Gasteiger partial charge is 0.457 e. The van der Waals surface area contributed by atoms with Gasteiger partial charge in [0.2, 0.25) is 0 Å². The third kappa shape index (κ3) is 32.6. The Morgan fingerprint density at radius 2 is 0.937 bits per heavy atom. The highest BCUT2D eigenvalue weighted by atomic mass is 31.2. The van der Waals surface area contributed by atoms with Gasteiger partial charge in [-0.15, -0.1) is 0 Å². The molecule has 0 bridgehead atoms. The van der Waals surface area contributed by atoms with Crippen molar-refractivity contribution in [3.8, 4) is 0 Å². The fourth-order valence-electron chi connectivity index (χ4n) is 7.52. The molecule has 1 aliphatic carbocycles. The molecule has 368 valence electrons. The molecule has 0 aromatic rings. The molecule has 0 aromatic heterocycles. The maximum absolute atomic E-state index is 12.8. The van der Waals surface area contributed by atoms with Crippen LogP contribution in [0.5, 0.6) is 0 Å². The lowest BCUT2D eigenvalue weighted by Crippen LogP contribution is -2.64. The van der Waals surface area contributed by atoms with Gasteiger partial charge in [0, 0.05) is 13.0 Å². The van der Waals surface area contributed by atoms with E-state index in [1.165, 1.54) is 89.9 Å². The van der Waals surface area contributed by atoms with E-state index in [-0.39, 0.29) is 13.0 Å². The Morgan fingerprint density at radius 3 is 1.43 bits per heavy atom. The Hall–Kier alpha value is -1.70.